The minimum Gasteiger partial charge on any atom is -0.504 e. The van der Waals surface area contributed by atoms with Gasteiger partial charge in [-0.2, -0.15) is 0 Å². The van der Waals surface area contributed by atoms with Crippen LogP contribution in [0.15, 0.2) is 24.3 Å². The maximum Gasteiger partial charge on any atom is 0.186 e. The molecule has 0 aliphatic carbocycles. The van der Waals surface area contributed by atoms with Crippen LogP contribution in [0.2, 0.25) is 0 Å². The topological polar surface area (TPSA) is 46.5 Å². The third-order valence-electron chi connectivity index (χ3n) is 1.93. The van der Waals surface area contributed by atoms with Crippen molar-refractivity contribution < 1.29 is 14.6 Å². The van der Waals surface area contributed by atoms with Gasteiger partial charge in [0.05, 0.1) is 7.11 Å². The lowest BCUT2D eigenvalue weighted by atomic mass is 10.2. The molecule has 0 saturated carbocycles. The molecule has 0 saturated heterocycles. The van der Waals surface area contributed by atoms with Gasteiger partial charge in [0.2, 0.25) is 0 Å². The molecule has 0 atom stereocenters. The summed E-state index contributed by atoms with van der Waals surface area (Å²) in [4.78, 5) is 10.7. The first-order valence-electron chi connectivity index (χ1n) is 4.81. The van der Waals surface area contributed by atoms with Gasteiger partial charge < -0.3 is 9.84 Å². The highest BCUT2D eigenvalue weighted by molar-refractivity contribution is 8.13. The van der Waals surface area contributed by atoms with Crippen molar-refractivity contribution in [2.45, 2.75) is 6.92 Å². The van der Waals surface area contributed by atoms with Gasteiger partial charge in [0.15, 0.2) is 16.6 Å². The van der Waals surface area contributed by atoms with E-state index in [9.17, 15) is 9.90 Å². The van der Waals surface area contributed by atoms with E-state index in [2.05, 4.69) is 0 Å². The zero-order chi connectivity index (χ0) is 12.0. The summed E-state index contributed by atoms with van der Waals surface area (Å²) in [6, 6.07) is 5.28. The van der Waals surface area contributed by atoms with Crippen LogP contribution < -0.4 is 4.74 Å². The van der Waals surface area contributed by atoms with Gasteiger partial charge in [-0.1, -0.05) is 36.0 Å². The van der Waals surface area contributed by atoms with E-state index in [1.54, 1.807) is 24.3 Å². The molecule has 0 heterocycles. The molecule has 0 aliphatic rings. The number of para-hydroxylation sites is 1. The van der Waals surface area contributed by atoms with Gasteiger partial charge in [-0.3, -0.25) is 4.79 Å². The maximum atomic E-state index is 10.7. The van der Waals surface area contributed by atoms with E-state index in [1.807, 2.05) is 6.08 Å². The van der Waals surface area contributed by atoms with Crippen molar-refractivity contribution >= 4 is 23.0 Å². The summed E-state index contributed by atoms with van der Waals surface area (Å²) in [5, 5.41) is 9.83. The Kier molecular flexibility index (Phi) is 4.92. The maximum absolute atomic E-state index is 10.7. The van der Waals surface area contributed by atoms with E-state index in [1.165, 1.54) is 25.8 Å². The van der Waals surface area contributed by atoms with E-state index in [0.717, 1.165) is 0 Å². The molecular formula is C12H14O3S. The molecule has 1 aromatic rings. The van der Waals surface area contributed by atoms with Gasteiger partial charge >= 0.3 is 0 Å². The zero-order valence-electron chi connectivity index (χ0n) is 9.27. The lowest BCUT2D eigenvalue weighted by Gasteiger charge is -2.04. The number of phenolic OH excluding ortho intramolecular Hbond substituents is 1. The number of thioether (sulfide) groups is 1. The number of hydrogen-bond donors (Lipinski definition) is 1. The Balaban J connectivity index is 2.70. The first-order valence-corrected chi connectivity index (χ1v) is 5.79. The Morgan fingerprint density at radius 2 is 2.31 bits per heavy atom. The Morgan fingerprint density at radius 1 is 1.56 bits per heavy atom. The van der Waals surface area contributed by atoms with Crippen molar-refractivity contribution in [1.29, 1.82) is 0 Å². The monoisotopic (exact) mass is 238 g/mol. The fourth-order valence-corrected chi connectivity index (χ4v) is 1.61. The Hall–Kier alpha value is -1.42. The van der Waals surface area contributed by atoms with Crippen LogP contribution in [0.1, 0.15) is 12.5 Å². The van der Waals surface area contributed by atoms with E-state index in [4.69, 9.17) is 4.74 Å². The molecule has 86 valence electrons. The minimum atomic E-state index is 0.0829. The largest absolute Gasteiger partial charge is 0.504 e. The normalized spacial score (nSPS) is 10.6. The lowest BCUT2D eigenvalue weighted by Crippen LogP contribution is -1.85. The molecule has 1 aromatic carbocycles. The number of ether oxygens (including phenoxy) is 1. The number of carbonyl (C=O) groups excluding carboxylic acids is 1. The van der Waals surface area contributed by atoms with Gasteiger partial charge in [-0.05, 0) is 6.07 Å². The summed E-state index contributed by atoms with van der Waals surface area (Å²) in [6.45, 7) is 1.53. The van der Waals surface area contributed by atoms with Crippen molar-refractivity contribution in [3.8, 4) is 11.5 Å². The fourth-order valence-electron chi connectivity index (χ4n) is 1.18. The molecule has 1 N–H and O–H groups in total. The van der Waals surface area contributed by atoms with Gasteiger partial charge in [0, 0.05) is 18.2 Å². The molecule has 3 nitrogen and oxygen atoms in total. The van der Waals surface area contributed by atoms with Crippen LogP contribution in [0.3, 0.4) is 0 Å². The summed E-state index contributed by atoms with van der Waals surface area (Å²) < 4.78 is 4.99. The first-order chi connectivity index (χ1) is 7.65. The van der Waals surface area contributed by atoms with Crippen LogP contribution in [0.5, 0.6) is 11.5 Å². The second-order valence-corrected chi connectivity index (χ2v) is 4.30. The Labute approximate surface area is 99.1 Å². The van der Waals surface area contributed by atoms with Crippen molar-refractivity contribution in [3.05, 3.63) is 29.8 Å². The van der Waals surface area contributed by atoms with Crippen molar-refractivity contribution in [2.75, 3.05) is 12.9 Å². The van der Waals surface area contributed by atoms with Crippen molar-refractivity contribution in [3.63, 3.8) is 0 Å². The standard InChI is InChI=1S/C12H14O3S/c1-9(13)16-8-4-6-10-5-3-7-11(15-2)12(10)14/h3-7,14H,8H2,1-2H3. The third-order valence-corrected chi connectivity index (χ3v) is 2.70. The summed E-state index contributed by atoms with van der Waals surface area (Å²) in [5.74, 6) is 1.17. The first kappa shape index (κ1) is 12.6. The lowest BCUT2D eigenvalue weighted by molar-refractivity contribution is -0.109. The molecule has 0 aliphatic heterocycles. The van der Waals surface area contributed by atoms with Crippen molar-refractivity contribution in [1.82, 2.24) is 0 Å². The minimum absolute atomic E-state index is 0.0829. The van der Waals surface area contributed by atoms with Crippen molar-refractivity contribution in [2.24, 2.45) is 0 Å². The third kappa shape index (κ3) is 3.62. The number of aromatic hydroxyl groups is 1. The molecule has 4 heteroatoms. The van der Waals surface area contributed by atoms with E-state index >= 15 is 0 Å². The quantitative estimate of drug-likeness (QED) is 0.876. The van der Waals surface area contributed by atoms with Crippen LogP contribution in [-0.4, -0.2) is 23.1 Å². The molecule has 0 fully saturated rings. The second kappa shape index (κ2) is 6.23. The molecule has 0 aromatic heterocycles. The molecule has 1 rings (SSSR count). The highest BCUT2D eigenvalue weighted by Gasteiger charge is 2.03. The average molecular weight is 238 g/mol. The Bertz CT molecular complexity index is 399. The van der Waals surface area contributed by atoms with Gasteiger partial charge in [-0.25, -0.2) is 0 Å². The number of phenols is 1. The number of methoxy groups -OCH3 is 1. The molecule has 0 bridgehead atoms. The second-order valence-electron chi connectivity index (χ2n) is 3.10. The number of rotatable bonds is 4. The Morgan fingerprint density at radius 3 is 2.94 bits per heavy atom. The van der Waals surface area contributed by atoms with E-state index in [0.29, 0.717) is 17.1 Å². The van der Waals surface area contributed by atoms with Crippen LogP contribution in [0, 0.1) is 0 Å². The number of carbonyl (C=O) groups is 1. The highest BCUT2D eigenvalue weighted by atomic mass is 32.2. The molecule has 0 radical (unpaired) electrons. The molecule has 0 spiro atoms. The highest BCUT2D eigenvalue weighted by Crippen LogP contribution is 2.30. The predicted octanol–water partition coefficient (Wildman–Crippen LogP) is 2.69. The predicted molar refractivity (Wildman–Crippen MR) is 66.8 cm³/mol. The smallest absolute Gasteiger partial charge is 0.186 e. The molecular weight excluding hydrogens is 224 g/mol. The van der Waals surface area contributed by atoms with Gasteiger partial charge in [-0.15, -0.1) is 0 Å². The number of hydrogen-bond acceptors (Lipinski definition) is 4. The van der Waals surface area contributed by atoms with Crippen LogP contribution in [0.25, 0.3) is 6.08 Å². The summed E-state index contributed by atoms with van der Waals surface area (Å²) >= 11 is 1.23. The van der Waals surface area contributed by atoms with Crippen LogP contribution in [-0.2, 0) is 4.79 Å². The zero-order valence-corrected chi connectivity index (χ0v) is 10.1. The SMILES string of the molecule is COc1cccc(C=CCSC(C)=O)c1O. The summed E-state index contributed by atoms with van der Waals surface area (Å²) in [5.41, 5.74) is 0.684. The number of benzene rings is 1. The molecule has 16 heavy (non-hydrogen) atoms. The summed E-state index contributed by atoms with van der Waals surface area (Å²) in [6.07, 6.45) is 3.61. The van der Waals surface area contributed by atoms with Gasteiger partial charge in [0.25, 0.3) is 0 Å². The molecule has 0 unspecified atom stereocenters. The van der Waals surface area contributed by atoms with E-state index < -0.39 is 0 Å². The average Bonchev–Trinajstić information content (AvgIpc) is 2.26. The van der Waals surface area contributed by atoms with Crippen LogP contribution >= 0.6 is 11.8 Å². The molecule has 0 amide bonds. The summed E-state index contributed by atoms with van der Waals surface area (Å²) in [7, 11) is 1.51. The van der Waals surface area contributed by atoms with E-state index in [-0.39, 0.29) is 10.9 Å². The van der Waals surface area contributed by atoms with Gasteiger partial charge in [0.1, 0.15) is 0 Å². The fraction of sp³-hybridized carbons (Fsp3) is 0.250. The van der Waals surface area contributed by atoms with Crippen LogP contribution in [0.4, 0.5) is 0 Å².